The van der Waals surface area contributed by atoms with Crippen LogP contribution < -0.4 is 5.11 Å². The van der Waals surface area contributed by atoms with Crippen LogP contribution in [0.25, 0.3) is 0 Å². The molecule has 0 radical (unpaired) electrons. The largest absolute Gasteiger partial charge is 0.529 e. The minimum atomic E-state index is -2.94. The summed E-state index contributed by atoms with van der Waals surface area (Å²) in [6.07, 6.45) is -2.00. The molecule has 0 saturated carbocycles. The van der Waals surface area contributed by atoms with Crippen LogP contribution in [0.3, 0.4) is 0 Å². The molecule has 8 heteroatoms. The third-order valence-corrected chi connectivity index (χ3v) is 5.05. The highest BCUT2D eigenvalue weighted by Crippen LogP contribution is 2.36. The van der Waals surface area contributed by atoms with Crippen LogP contribution >= 0.6 is 0 Å². The molecule has 1 aliphatic rings. The molecule has 3 atom stereocenters. The van der Waals surface area contributed by atoms with Crippen LogP contribution in [-0.4, -0.2) is 26.8 Å². The van der Waals surface area contributed by atoms with Gasteiger partial charge in [0.05, 0.1) is 6.04 Å². The van der Waals surface area contributed by atoms with Crippen molar-refractivity contribution in [3.8, 4) is 0 Å². The molecular weight excluding hydrogens is 340 g/mol. The summed E-state index contributed by atoms with van der Waals surface area (Å²) in [5.74, 6) is -2.94. The van der Waals surface area contributed by atoms with Gasteiger partial charge < -0.3 is 9.90 Å². The van der Waals surface area contributed by atoms with Crippen molar-refractivity contribution < 1.29 is 27.1 Å². The van der Waals surface area contributed by atoms with Gasteiger partial charge in [-0.3, -0.25) is 4.18 Å². The number of alkyl halides is 2. The predicted molar refractivity (Wildman–Crippen MR) is 83.2 cm³/mol. The van der Waals surface area contributed by atoms with Crippen LogP contribution in [0, 0.1) is 5.41 Å². The van der Waals surface area contributed by atoms with Crippen molar-refractivity contribution in [2.24, 2.45) is 5.41 Å². The van der Waals surface area contributed by atoms with E-state index in [4.69, 9.17) is 4.18 Å². The molecule has 1 fully saturated rings. The first-order chi connectivity index (χ1) is 10.9. The highest BCUT2D eigenvalue weighted by atomic mass is 32.2. The zero-order valence-electron chi connectivity index (χ0n) is 13.9. The van der Waals surface area contributed by atoms with Crippen molar-refractivity contribution in [1.82, 2.24) is 4.31 Å². The van der Waals surface area contributed by atoms with Gasteiger partial charge in [-0.2, -0.15) is 0 Å². The van der Waals surface area contributed by atoms with Gasteiger partial charge in [0.15, 0.2) is 6.09 Å². The first kappa shape index (κ1) is 18.8. The molecule has 0 aliphatic carbocycles. The number of amides is 1. The maximum Gasteiger partial charge on any atom is 0.270 e. The van der Waals surface area contributed by atoms with Gasteiger partial charge >= 0.3 is 0 Å². The minimum absolute atomic E-state index is 0.123. The fourth-order valence-electron chi connectivity index (χ4n) is 2.72. The Labute approximate surface area is 142 Å². The Morgan fingerprint density at radius 3 is 2.21 bits per heavy atom. The molecule has 1 heterocycles. The fraction of sp³-hybridized carbons (Fsp3) is 0.562. The topological polar surface area (TPSA) is 69.7 Å². The van der Waals surface area contributed by atoms with Crippen molar-refractivity contribution >= 4 is 17.4 Å². The van der Waals surface area contributed by atoms with Crippen LogP contribution in [0.5, 0.6) is 0 Å². The molecule has 1 aromatic rings. The molecule has 134 valence electrons. The van der Waals surface area contributed by atoms with E-state index in [1.807, 2.05) is 20.8 Å². The number of hydrogen-bond donors (Lipinski definition) is 0. The summed E-state index contributed by atoms with van der Waals surface area (Å²) < 4.78 is 44.5. The summed E-state index contributed by atoms with van der Waals surface area (Å²) in [5, 5.41) is 11.3. The standard InChI is InChI=1S/C16H21F2NO4S/c1-15(2,3)13-12(19(14(20)21)24(22)23-13)9-10-5-7-11(8-6-10)16(4,17)18/h5-8,12-13H,9H2,1-4H3,(H,20,21)/p-1/t12-,13-,24+/m1/s1. The van der Waals surface area contributed by atoms with E-state index >= 15 is 0 Å². The van der Waals surface area contributed by atoms with Gasteiger partial charge in [0.2, 0.25) is 0 Å². The second-order valence-corrected chi connectivity index (χ2v) is 8.07. The van der Waals surface area contributed by atoms with Gasteiger partial charge in [-0.25, -0.2) is 17.3 Å². The van der Waals surface area contributed by atoms with Gasteiger partial charge in [0, 0.05) is 12.5 Å². The van der Waals surface area contributed by atoms with Gasteiger partial charge in [-0.15, -0.1) is 0 Å². The lowest BCUT2D eigenvalue weighted by Gasteiger charge is -2.32. The number of rotatable bonds is 3. The molecule has 0 bridgehead atoms. The van der Waals surface area contributed by atoms with Crippen LogP contribution in [0.2, 0.25) is 0 Å². The molecule has 1 amide bonds. The van der Waals surface area contributed by atoms with Crippen LogP contribution in [0.4, 0.5) is 13.6 Å². The molecule has 1 aromatic carbocycles. The molecule has 0 unspecified atom stereocenters. The Bertz CT molecular complexity index is 637. The summed E-state index contributed by atoms with van der Waals surface area (Å²) in [7, 11) is 0. The molecule has 1 aliphatic heterocycles. The Balaban J connectivity index is 2.29. The van der Waals surface area contributed by atoms with Crippen molar-refractivity contribution in [3.63, 3.8) is 0 Å². The van der Waals surface area contributed by atoms with E-state index in [1.54, 1.807) is 0 Å². The molecule has 5 nitrogen and oxygen atoms in total. The summed E-state index contributed by atoms with van der Waals surface area (Å²) >= 11 is -2.14. The summed E-state index contributed by atoms with van der Waals surface area (Å²) in [5.41, 5.74) is 0.0682. The SMILES string of the molecule is CC(F)(F)c1ccc(C[C@@H]2[C@H](C(C)(C)C)O[S@](=O)N2C(=O)[O-])cc1. The van der Waals surface area contributed by atoms with Gasteiger partial charge in [0.1, 0.15) is 6.10 Å². The smallest absolute Gasteiger partial charge is 0.270 e. The highest BCUT2D eigenvalue weighted by molar-refractivity contribution is 7.78. The van der Waals surface area contributed by atoms with Crippen molar-refractivity contribution in [2.75, 3.05) is 0 Å². The fourth-order valence-corrected chi connectivity index (χ4v) is 3.93. The number of carbonyl (C=O) groups is 1. The Hall–Kier alpha value is -1.54. The zero-order chi connectivity index (χ0) is 18.3. The van der Waals surface area contributed by atoms with Crippen LogP contribution in [0.1, 0.15) is 38.8 Å². The number of halogens is 2. The third kappa shape index (κ3) is 3.92. The molecule has 24 heavy (non-hydrogen) atoms. The number of carboxylic acid groups (broad SMARTS) is 1. The predicted octanol–water partition coefficient (Wildman–Crippen LogP) is 2.38. The molecule has 0 aromatic heterocycles. The minimum Gasteiger partial charge on any atom is -0.529 e. The van der Waals surface area contributed by atoms with Crippen molar-refractivity contribution in [2.45, 2.75) is 52.2 Å². The van der Waals surface area contributed by atoms with E-state index in [-0.39, 0.29) is 12.0 Å². The van der Waals surface area contributed by atoms with E-state index in [0.29, 0.717) is 9.87 Å². The van der Waals surface area contributed by atoms with E-state index in [1.165, 1.54) is 24.3 Å². The monoisotopic (exact) mass is 360 g/mol. The lowest BCUT2D eigenvalue weighted by atomic mass is 9.82. The number of hydrogen-bond acceptors (Lipinski definition) is 4. The maximum absolute atomic E-state index is 13.3. The quantitative estimate of drug-likeness (QED) is 0.830. The second kappa shape index (κ2) is 6.40. The van der Waals surface area contributed by atoms with E-state index in [9.17, 15) is 22.9 Å². The molecule has 0 N–H and O–H groups in total. The zero-order valence-corrected chi connectivity index (χ0v) is 14.7. The first-order valence-corrected chi connectivity index (χ1v) is 8.51. The highest BCUT2D eigenvalue weighted by Gasteiger charge is 2.47. The lowest BCUT2D eigenvalue weighted by molar-refractivity contribution is -0.260. The normalized spacial score (nSPS) is 25.1. The molecule has 2 rings (SSSR count). The third-order valence-electron chi connectivity index (χ3n) is 3.94. The summed E-state index contributed by atoms with van der Waals surface area (Å²) in [4.78, 5) is 11.3. The Morgan fingerprint density at radius 1 is 1.25 bits per heavy atom. The first-order valence-electron chi connectivity index (χ1n) is 7.47. The maximum atomic E-state index is 13.3. The van der Waals surface area contributed by atoms with E-state index in [2.05, 4.69) is 0 Å². The van der Waals surface area contributed by atoms with Crippen LogP contribution in [-0.2, 0) is 27.8 Å². The van der Waals surface area contributed by atoms with E-state index in [0.717, 1.165) is 6.92 Å². The van der Waals surface area contributed by atoms with Crippen molar-refractivity contribution in [3.05, 3.63) is 35.4 Å². The van der Waals surface area contributed by atoms with Crippen LogP contribution in [0.15, 0.2) is 24.3 Å². The molecule has 0 spiro atoms. The second-order valence-electron chi connectivity index (χ2n) is 7.05. The van der Waals surface area contributed by atoms with Crippen molar-refractivity contribution in [1.29, 1.82) is 0 Å². The average molecular weight is 360 g/mol. The number of benzene rings is 1. The summed E-state index contributed by atoms with van der Waals surface area (Å²) in [6, 6.07) is 4.92. The van der Waals surface area contributed by atoms with Gasteiger partial charge in [-0.1, -0.05) is 45.0 Å². The number of nitrogens with zero attached hydrogens (tertiary/aromatic N) is 1. The Morgan fingerprint density at radius 2 is 1.79 bits per heavy atom. The van der Waals surface area contributed by atoms with Gasteiger partial charge in [-0.05, 0) is 17.4 Å². The van der Waals surface area contributed by atoms with Gasteiger partial charge in [0.25, 0.3) is 17.2 Å². The lowest BCUT2D eigenvalue weighted by Crippen LogP contribution is -2.49. The summed E-state index contributed by atoms with van der Waals surface area (Å²) in [6.45, 7) is 6.35. The molecular formula is C16H20F2NO4S-. The molecule has 1 saturated heterocycles. The van der Waals surface area contributed by atoms with E-state index < -0.39 is 40.8 Å². The average Bonchev–Trinajstić information content (AvgIpc) is 2.75. The number of carbonyl (C=O) groups excluding carboxylic acids is 1. The Kier molecular flexibility index (Phi) is 5.01.